The number of benzene rings is 1. The lowest BCUT2D eigenvalue weighted by molar-refractivity contribution is 0.102. The Labute approximate surface area is 116 Å². The van der Waals surface area contributed by atoms with Crippen molar-refractivity contribution in [2.75, 3.05) is 5.32 Å². The highest BCUT2D eigenvalue weighted by Crippen LogP contribution is 2.23. The summed E-state index contributed by atoms with van der Waals surface area (Å²) in [5, 5.41) is 19.5. The predicted octanol–water partition coefficient (Wildman–Crippen LogP) is 1.54. The van der Waals surface area contributed by atoms with Crippen LogP contribution in [0.25, 0.3) is 0 Å². The van der Waals surface area contributed by atoms with Crippen molar-refractivity contribution in [1.29, 1.82) is 0 Å². The van der Waals surface area contributed by atoms with Crippen molar-refractivity contribution >= 4 is 40.6 Å². The number of oxime groups is 1. The molecule has 0 spiro atoms. The van der Waals surface area contributed by atoms with E-state index < -0.39 is 5.91 Å². The van der Waals surface area contributed by atoms with Gasteiger partial charge in [-0.2, -0.15) is 0 Å². The van der Waals surface area contributed by atoms with Crippen molar-refractivity contribution in [3.05, 3.63) is 39.9 Å². The fourth-order valence-electron chi connectivity index (χ4n) is 1.29. The molecule has 0 bridgehead atoms. The SMILES string of the molecule is NC(=NO)c1ccc(Cl)c(NC(=O)c2csnn2)c1. The fourth-order valence-corrected chi connectivity index (χ4v) is 1.89. The van der Waals surface area contributed by atoms with Crippen molar-refractivity contribution in [3.8, 4) is 0 Å². The largest absolute Gasteiger partial charge is 0.409 e. The molecule has 0 radical (unpaired) electrons. The second-order valence-corrected chi connectivity index (χ2v) is 4.44. The van der Waals surface area contributed by atoms with Gasteiger partial charge in [-0.3, -0.25) is 4.79 Å². The highest BCUT2D eigenvalue weighted by molar-refractivity contribution is 7.03. The van der Waals surface area contributed by atoms with Gasteiger partial charge in [0.1, 0.15) is 0 Å². The average Bonchev–Trinajstić information content (AvgIpc) is 2.94. The summed E-state index contributed by atoms with van der Waals surface area (Å²) in [6.07, 6.45) is 0. The molecule has 2 aromatic rings. The van der Waals surface area contributed by atoms with E-state index in [1.165, 1.54) is 17.5 Å². The second-order valence-electron chi connectivity index (χ2n) is 3.42. The number of nitrogens with two attached hydrogens (primary N) is 1. The normalized spacial score (nSPS) is 11.3. The first-order valence-electron chi connectivity index (χ1n) is 4.97. The highest BCUT2D eigenvalue weighted by atomic mass is 35.5. The summed E-state index contributed by atoms with van der Waals surface area (Å²) in [6.45, 7) is 0. The smallest absolute Gasteiger partial charge is 0.277 e. The molecular weight excluding hydrogens is 290 g/mol. The van der Waals surface area contributed by atoms with Gasteiger partial charge in [0.15, 0.2) is 11.5 Å². The second kappa shape index (κ2) is 5.63. The van der Waals surface area contributed by atoms with Gasteiger partial charge in [0.05, 0.1) is 10.7 Å². The predicted molar refractivity (Wildman–Crippen MR) is 71.8 cm³/mol. The number of carbonyl (C=O) groups is 1. The summed E-state index contributed by atoms with van der Waals surface area (Å²) in [4.78, 5) is 11.8. The van der Waals surface area contributed by atoms with E-state index in [-0.39, 0.29) is 11.5 Å². The summed E-state index contributed by atoms with van der Waals surface area (Å²) in [6, 6.07) is 4.59. The molecule has 0 unspecified atom stereocenters. The first kappa shape index (κ1) is 13.2. The van der Waals surface area contributed by atoms with Gasteiger partial charge in [-0.15, -0.1) is 5.10 Å². The Morgan fingerprint density at radius 1 is 1.53 bits per heavy atom. The maximum atomic E-state index is 11.8. The number of hydrogen-bond acceptors (Lipinski definition) is 6. The molecule has 0 saturated carbocycles. The van der Waals surface area contributed by atoms with E-state index in [2.05, 4.69) is 20.1 Å². The zero-order chi connectivity index (χ0) is 13.8. The molecule has 0 saturated heterocycles. The Kier molecular flexibility index (Phi) is 3.93. The van der Waals surface area contributed by atoms with E-state index in [1.54, 1.807) is 6.07 Å². The molecule has 4 N–H and O–H groups in total. The Morgan fingerprint density at radius 2 is 2.32 bits per heavy atom. The zero-order valence-corrected chi connectivity index (χ0v) is 10.9. The molecule has 1 aromatic heterocycles. The number of hydrogen-bond donors (Lipinski definition) is 3. The molecule has 1 heterocycles. The van der Waals surface area contributed by atoms with Crippen LogP contribution in [0.5, 0.6) is 0 Å². The quantitative estimate of drug-likeness (QED) is 0.344. The third-order valence-electron chi connectivity index (χ3n) is 2.21. The summed E-state index contributed by atoms with van der Waals surface area (Å²) < 4.78 is 3.59. The topological polar surface area (TPSA) is 113 Å². The van der Waals surface area contributed by atoms with E-state index in [0.717, 1.165) is 11.5 Å². The maximum absolute atomic E-state index is 11.8. The molecule has 1 aromatic carbocycles. The highest BCUT2D eigenvalue weighted by Gasteiger charge is 2.12. The van der Waals surface area contributed by atoms with Crippen LogP contribution < -0.4 is 11.1 Å². The third kappa shape index (κ3) is 2.98. The molecular formula is C10H8ClN5O2S. The van der Waals surface area contributed by atoms with Crippen molar-refractivity contribution in [2.24, 2.45) is 10.9 Å². The molecule has 7 nitrogen and oxygen atoms in total. The van der Waals surface area contributed by atoms with Gasteiger partial charge in [0.2, 0.25) is 0 Å². The van der Waals surface area contributed by atoms with Crippen molar-refractivity contribution in [1.82, 2.24) is 9.59 Å². The Bertz CT molecular complexity index is 629. The van der Waals surface area contributed by atoms with Crippen LogP contribution in [0.1, 0.15) is 16.1 Å². The minimum absolute atomic E-state index is 0.0810. The molecule has 0 fully saturated rings. The van der Waals surface area contributed by atoms with Gasteiger partial charge in [-0.1, -0.05) is 21.2 Å². The van der Waals surface area contributed by atoms with E-state index in [0.29, 0.717) is 16.3 Å². The Hall–Kier alpha value is -2.19. The van der Waals surface area contributed by atoms with Gasteiger partial charge in [-0.05, 0) is 29.7 Å². The molecule has 0 atom stereocenters. The number of nitrogens with one attached hydrogen (secondary N) is 1. The number of carbonyl (C=O) groups excluding carboxylic acids is 1. The molecule has 0 aliphatic heterocycles. The third-order valence-corrected chi connectivity index (χ3v) is 3.04. The van der Waals surface area contributed by atoms with Crippen LogP contribution in [0.15, 0.2) is 28.7 Å². The Balaban J connectivity index is 2.27. The first-order chi connectivity index (χ1) is 9.11. The van der Waals surface area contributed by atoms with E-state index in [9.17, 15) is 4.79 Å². The minimum atomic E-state index is -0.438. The molecule has 19 heavy (non-hydrogen) atoms. The summed E-state index contributed by atoms with van der Waals surface area (Å²) in [7, 11) is 0. The number of anilines is 1. The minimum Gasteiger partial charge on any atom is -0.409 e. The summed E-state index contributed by atoms with van der Waals surface area (Å²) >= 11 is 7.03. The molecule has 2 rings (SSSR count). The lowest BCUT2D eigenvalue weighted by atomic mass is 10.2. The van der Waals surface area contributed by atoms with Crippen molar-refractivity contribution in [2.45, 2.75) is 0 Å². The number of nitrogens with zero attached hydrogens (tertiary/aromatic N) is 3. The van der Waals surface area contributed by atoms with E-state index >= 15 is 0 Å². The summed E-state index contributed by atoms with van der Waals surface area (Å²) in [5.74, 6) is -0.519. The first-order valence-corrected chi connectivity index (χ1v) is 6.19. The van der Waals surface area contributed by atoms with Crippen LogP contribution >= 0.6 is 23.1 Å². The maximum Gasteiger partial charge on any atom is 0.277 e. The van der Waals surface area contributed by atoms with Crippen LogP contribution in [-0.2, 0) is 0 Å². The van der Waals surface area contributed by atoms with Crippen LogP contribution in [0.2, 0.25) is 5.02 Å². The molecule has 0 aliphatic rings. The van der Waals surface area contributed by atoms with Crippen LogP contribution in [-0.4, -0.2) is 26.5 Å². The van der Waals surface area contributed by atoms with Gasteiger partial charge in [0.25, 0.3) is 5.91 Å². The number of amidine groups is 1. The van der Waals surface area contributed by atoms with Gasteiger partial charge < -0.3 is 16.3 Å². The zero-order valence-electron chi connectivity index (χ0n) is 9.37. The molecule has 1 amide bonds. The molecule has 98 valence electrons. The van der Waals surface area contributed by atoms with E-state index in [4.69, 9.17) is 22.5 Å². The van der Waals surface area contributed by atoms with Crippen LogP contribution in [0.4, 0.5) is 5.69 Å². The standard InChI is InChI=1S/C10H8ClN5O2S/c11-6-2-1-5(9(12)15-18)3-7(6)13-10(17)8-4-19-16-14-8/h1-4,18H,(H2,12,15)(H,13,17). The van der Waals surface area contributed by atoms with Gasteiger partial charge >= 0.3 is 0 Å². The van der Waals surface area contributed by atoms with Crippen molar-refractivity contribution < 1.29 is 10.0 Å². The lowest BCUT2D eigenvalue weighted by Crippen LogP contribution is -2.16. The lowest BCUT2D eigenvalue weighted by Gasteiger charge is -2.07. The molecule has 0 aliphatic carbocycles. The van der Waals surface area contributed by atoms with E-state index in [1.807, 2.05) is 0 Å². The van der Waals surface area contributed by atoms with Crippen LogP contribution in [0.3, 0.4) is 0 Å². The number of aromatic nitrogens is 2. The van der Waals surface area contributed by atoms with Crippen LogP contribution in [0, 0.1) is 0 Å². The van der Waals surface area contributed by atoms with Crippen molar-refractivity contribution in [3.63, 3.8) is 0 Å². The average molecular weight is 298 g/mol. The van der Waals surface area contributed by atoms with Gasteiger partial charge in [0, 0.05) is 10.9 Å². The summed E-state index contributed by atoms with van der Waals surface area (Å²) in [5.41, 5.74) is 6.42. The monoisotopic (exact) mass is 297 g/mol. The number of rotatable bonds is 3. The number of halogens is 1. The van der Waals surface area contributed by atoms with Gasteiger partial charge in [-0.25, -0.2) is 0 Å². The molecule has 9 heteroatoms. The fraction of sp³-hybridized carbons (Fsp3) is 0. The number of amides is 1. The Morgan fingerprint density at radius 3 is 2.95 bits per heavy atom.